The number of carbonyl (C=O) groups is 1. The number of aliphatic hydroxyl groups excluding tert-OH is 1. The molecule has 0 radical (unpaired) electrons. The number of hydrogen-bond acceptors (Lipinski definition) is 11. The number of aliphatic hydroxyl groups is 1. The summed E-state index contributed by atoms with van der Waals surface area (Å²) in [5.74, 6) is -2.75. The highest BCUT2D eigenvalue weighted by Crippen LogP contribution is 2.52. The molecule has 1 fully saturated rings. The van der Waals surface area contributed by atoms with Gasteiger partial charge in [-0.05, 0) is 32.9 Å². The number of para-hydroxylation sites is 1. The molecule has 5 N–H and O–H groups in total. The summed E-state index contributed by atoms with van der Waals surface area (Å²) >= 11 is 0. The van der Waals surface area contributed by atoms with Crippen molar-refractivity contribution >= 4 is 19.4 Å². The van der Waals surface area contributed by atoms with E-state index in [1.54, 1.807) is 44.2 Å². The zero-order chi connectivity index (χ0) is 29.1. The van der Waals surface area contributed by atoms with Crippen molar-refractivity contribution in [1.29, 1.82) is 0 Å². The third-order valence-corrected chi connectivity index (χ3v) is 8.30. The van der Waals surface area contributed by atoms with Gasteiger partial charge in [0.15, 0.2) is 17.9 Å². The van der Waals surface area contributed by atoms with Gasteiger partial charge in [-0.15, -0.1) is 0 Å². The van der Waals surface area contributed by atoms with Gasteiger partial charge in [0, 0.05) is 6.20 Å². The molecule has 7 atom stereocenters. The van der Waals surface area contributed by atoms with Gasteiger partial charge in [-0.3, -0.25) is 9.32 Å². The lowest BCUT2D eigenvalue weighted by Gasteiger charge is -2.37. The van der Waals surface area contributed by atoms with Gasteiger partial charge < -0.3 is 35.5 Å². The number of nitrogens with zero attached hydrogens (tertiary/aromatic N) is 2. The molecule has 14 heteroatoms. The zero-order valence-electron chi connectivity index (χ0n) is 22.2. The SMILES string of the molecule is C=C1N=C(N)C(F)=CN1[C@@H]1O[C@H]([C@@H](C)O[P@](=O)(C[C@@H](C)C(=O)OC(C)C)Oc2ccccc2)[C@H](O)C1(N)CF. The summed E-state index contributed by atoms with van der Waals surface area (Å²) in [6.45, 7) is 8.68. The minimum atomic E-state index is -4.13. The Morgan fingerprint density at radius 1 is 1.31 bits per heavy atom. The molecule has 2 aliphatic rings. The minimum Gasteiger partial charge on any atom is -0.463 e. The summed E-state index contributed by atoms with van der Waals surface area (Å²) in [5.41, 5.74) is 9.62. The number of aliphatic imine (C=N–C) groups is 1. The third-order valence-electron chi connectivity index (χ3n) is 6.17. The number of benzene rings is 1. The maximum Gasteiger partial charge on any atom is 0.380 e. The van der Waals surface area contributed by atoms with Crippen LogP contribution in [-0.2, 0) is 23.4 Å². The van der Waals surface area contributed by atoms with E-state index in [0.717, 1.165) is 11.1 Å². The molecule has 0 amide bonds. The van der Waals surface area contributed by atoms with Crippen molar-refractivity contribution in [2.75, 3.05) is 12.8 Å². The van der Waals surface area contributed by atoms with E-state index < -0.39 is 74.0 Å². The van der Waals surface area contributed by atoms with Gasteiger partial charge in [-0.2, -0.15) is 0 Å². The first kappa shape index (κ1) is 30.7. The average molecular weight is 573 g/mol. The Labute approximate surface area is 226 Å². The number of halogens is 2. The molecular formula is C25H35F2N4O7P. The van der Waals surface area contributed by atoms with Crippen LogP contribution in [0.15, 0.2) is 59.8 Å². The molecular weight excluding hydrogens is 537 g/mol. The number of ether oxygens (including phenoxy) is 2. The van der Waals surface area contributed by atoms with Gasteiger partial charge in [-0.25, -0.2) is 18.3 Å². The van der Waals surface area contributed by atoms with Gasteiger partial charge in [0.1, 0.15) is 36.0 Å². The van der Waals surface area contributed by atoms with Crippen molar-refractivity contribution in [2.24, 2.45) is 22.4 Å². The Kier molecular flexibility index (Phi) is 9.56. The monoisotopic (exact) mass is 572 g/mol. The summed E-state index contributed by atoms with van der Waals surface area (Å²) in [7, 11) is -4.13. The maximum absolute atomic E-state index is 14.3. The number of rotatable bonds is 11. The quantitative estimate of drug-likeness (QED) is 0.266. The Morgan fingerprint density at radius 2 is 1.95 bits per heavy atom. The van der Waals surface area contributed by atoms with Gasteiger partial charge in [0.25, 0.3) is 0 Å². The predicted molar refractivity (Wildman–Crippen MR) is 140 cm³/mol. The highest BCUT2D eigenvalue weighted by Gasteiger charge is 2.59. The molecule has 2 aliphatic heterocycles. The lowest BCUT2D eigenvalue weighted by molar-refractivity contribution is -0.151. The molecule has 216 valence electrons. The normalized spacial score (nSPS) is 28.4. The van der Waals surface area contributed by atoms with Crippen LogP contribution in [0.4, 0.5) is 8.78 Å². The Morgan fingerprint density at radius 3 is 2.54 bits per heavy atom. The van der Waals surface area contributed by atoms with Crippen LogP contribution >= 0.6 is 7.60 Å². The molecule has 0 spiro atoms. The van der Waals surface area contributed by atoms with E-state index in [2.05, 4.69) is 11.6 Å². The maximum atomic E-state index is 14.3. The van der Waals surface area contributed by atoms with Gasteiger partial charge in [0.2, 0.25) is 0 Å². The molecule has 1 aromatic rings. The van der Waals surface area contributed by atoms with Gasteiger partial charge in [-0.1, -0.05) is 31.7 Å². The van der Waals surface area contributed by atoms with Crippen LogP contribution in [0.1, 0.15) is 27.7 Å². The van der Waals surface area contributed by atoms with E-state index in [0.29, 0.717) is 0 Å². The number of amidine groups is 1. The Bertz CT molecular complexity index is 1170. The van der Waals surface area contributed by atoms with Crippen molar-refractivity contribution in [2.45, 2.75) is 63.9 Å². The van der Waals surface area contributed by atoms with Gasteiger partial charge in [0.05, 0.1) is 24.3 Å². The fraction of sp³-hybridized carbons (Fsp3) is 0.520. The second-order valence-corrected chi connectivity index (χ2v) is 11.8. The van der Waals surface area contributed by atoms with E-state index in [9.17, 15) is 23.2 Å². The molecule has 11 nitrogen and oxygen atoms in total. The molecule has 1 saturated heterocycles. The standard InChI is InChI=1S/C25H35F2N4O7P/c1-14(2)35-23(33)15(3)12-39(34,38-18-9-7-6-8-10-18)37-16(4)20-21(32)25(29,13-26)24(36-20)31-11-19(27)22(28)30-17(31)5/h6-11,14-16,20-21,24,32H,5,12-13,29H2,1-4H3,(H2,28,30)/t15-,16-,20-,21+,24-,25?,39-/m1/s1. The molecule has 3 rings (SSSR count). The first-order valence-electron chi connectivity index (χ1n) is 12.3. The van der Waals surface area contributed by atoms with E-state index in [1.807, 2.05) is 0 Å². The topological polar surface area (TPSA) is 159 Å². The number of hydrogen-bond donors (Lipinski definition) is 3. The highest BCUT2D eigenvalue weighted by molar-refractivity contribution is 7.54. The van der Waals surface area contributed by atoms with Crippen molar-refractivity contribution < 1.29 is 41.8 Å². The molecule has 0 saturated carbocycles. The smallest absolute Gasteiger partial charge is 0.380 e. The van der Waals surface area contributed by atoms with Crippen molar-refractivity contribution in [3.05, 3.63) is 54.8 Å². The van der Waals surface area contributed by atoms with E-state index in [4.69, 9.17) is 30.0 Å². The number of carbonyl (C=O) groups excluding carboxylic acids is 1. The van der Waals surface area contributed by atoms with E-state index in [1.165, 1.54) is 13.8 Å². The molecule has 1 unspecified atom stereocenters. The van der Waals surface area contributed by atoms with Crippen molar-refractivity contribution in [1.82, 2.24) is 4.90 Å². The van der Waals surface area contributed by atoms with E-state index in [-0.39, 0.29) is 17.7 Å². The number of alkyl halides is 1. The Hall–Kier alpha value is -2.83. The third kappa shape index (κ3) is 6.85. The average Bonchev–Trinajstić information content (AvgIpc) is 3.12. The van der Waals surface area contributed by atoms with Crippen LogP contribution in [0, 0.1) is 5.92 Å². The first-order chi connectivity index (χ1) is 18.2. The van der Waals surface area contributed by atoms with Gasteiger partial charge >= 0.3 is 13.6 Å². The molecule has 2 heterocycles. The van der Waals surface area contributed by atoms with Crippen LogP contribution in [-0.4, -0.2) is 70.8 Å². The molecule has 39 heavy (non-hydrogen) atoms. The fourth-order valence-corrected chi connectivity index (χ4v) is 6.26. The second kappa shape index (κ2) is 12.1. The van der Waals surface area contributed by atoms with Crippen molar-refractivity contribution in [3.63, 3.8) is 0 Å². The predicted octanol–water partition coefficient (Wildman–Crippen LogP) is 2.96. The lowest BCUT2D eigenvalue weighted by Crippen LogP contribution is -2.62. The van der Waals surface area contributed by atoms with Crippen LogP contribution in [0.5, 0.6) is 5.75 Å². The van der Waals surface area contributed by atoms with Crippen molar-refractivity contribution in [3.8, 4) is 5.75 Å². The summed E-state index contributed by atoms with van der Waals surface area (Å²) in [6, 6.07) is 8.15. The number of nitrogens with two attached hydrogens (primary N) is 2. The molecule has 0 aromatic heterocycles. The minimum absolute atomic E-state index is 0.0980. The molecule has 1 aromatic carbocycles. The summed E-state index contributed by atoms with van der Waals surface area (Å²) in [6.07, 6.45) is -5.61. The zero-order valence-corrected chi connectivity index (χ0v) is 23.1. The number of esters is 1. The van der Waals surface area contributed by atoms with Crippen LogP contribution in [0.2, 0.25) is 0 Å². The van der Waals surface area contributed by atoms with Crippen LogP contribution < -0.4 is 16.0 Å². The van der Waals surface area contributed by atoms with Crippen LogP contribution in [0.25, 0.3) is 0 Å². The van der Waals surface area contributed by atoms with E-state index >= 15 is 0 Å². The summed E-state index contributed by atoms with van der Waals surface area (Å²) in [5, 5.41) is 11.0. The summed E-state index contributed by atoms with van der Waals surface area (Å²) < 4.78 is 65.2. The second-order valence-electron chi connectivity index (χ2n) is 9.84. The largest absolute Gasteiger partial charge is 0.463 e. The van der Waals surface area contributed by atoms with Crippen LogP contribution in [0.3, 0.4) is 0 Å². The lowest BCUT2D eigenvalue weighted by atomic mass is 9.90. The summed E-state index contributed by atoms with van der Waals surface area (Å²) in [4.78, 5) is 17.2. The fourth-order valence-electron chi connectivity index (χ4n) is 4.17. The Balaban J connectivity index is 1.87. The molecule has 0 aliphatic carbocycles. The highest BCUT2D eigenvalue weighted by atomic mass is 31.2. The first-order valence-corrected chi connectivity index (χ1v) is 14.0. The molecule has 0 bridgehead atoms.